The fourth-order valence-electron chi connectivity index (χ4n) is 4.63. The molecular weight excluding hydrogens is 358 g/mol. The summed E-state index contributed by atoms with van der Waals surface area (Å²) in [6.45, 7) is 1.27. The normalized spacial score (nSPS) is 22.9. The lowest BCUT2D eigenvalue weighted by molar-refractivity contribution is -0.136. The van der Waals surface area contributed by atoms with E-state index in [9.17, 15) is 9.59 Å². The lowest BCUT2D eigenvalue weighted by Crippen LogP contribution is -2.53. The van der Waals surface area contributed by atoms with E-state index in [1.54, 1.807) is 4.90 Å². The summed E-state index contributed by atoms with van der Waals surface area (Å²) < 4.78 is 10.8. The number of ether oxygens (including phenoxy) is 2. The highest BCUT2D eigenvalue weighted by atomic mass is 16.7. The van der Waals surface area contributed by atoms with E-state index in [4.69, 9.17) is 9.47 Å². The van der Waals surface area contributed by atoms with Gasteiger partial charge in [0, 0.05) is 25.0 Å². The average molecular weight is 387 g/mol. The van der Waals surface area contributed by atoms with Gasteiger partial charge in [-0.15, -0.1) is 0 Å². The summed E-state index contributed by atoms with van der Waals surface area (Å²) in [4.78, 5) is 29.3. The van der Waals surface area contributed by atoms with Gasteiger partial charge in [0.2, 0.25) is 18.6 Å². The quantitative estimate of drug-likeness (QED) is 0.807. The van der Waals surface area contributed by atoms with Gasteiger partial charge in [-0.2, -0.15) is 0 Å². The molecule has 2 fully saturated rings. The largest absolute Gasteiger partial charge is 0.454 e. The SMILES string of the molecule is CN(C)C1(CNC(=O)C2CCC(=O)N2Cc2ccc3c(c2)OCO3)CCCC1. The number of benzene rings is 1. The number of carbonyl (C=O) groups is 2. The van der Waals surface area contributed by atoms with Crippen molar-refractivity contribution in [2.45, 2.75) is 56.7 Å². The van der Waals surface area contributed by atoms with Crippen LogP contribution in [0.1, 0.15) is 44.1 Å². The van der Waals surface area contributed by atoms with Crippen LogP contribution in [0.25, 0.3) is 0 Å². The van der Waals surface area contributed by atoms with Crippen LogP contribution in [0.3, 0.4) is 0 Å². The zero-order valence-electron chi connectivity index (χ0n) is 16.7. The molecule has 0 spiro atoms. The Morgan fingerprint density at radius 1 is 1.25 bits per heavy atom. The molecule has 1 aromatic carbocycles. The van der Waals surface area contributed by atoms with Gasteiger partial charge in [-0.1, -0.05) is 18.9 Å². The van der Waals surface area contributed by atoms with E-state index in [0.29, 0.717) is 31.7 Å². The molecule has 2 heterocycles. The van der Waals surface area contributed by atoms with Crippen molar-refractivity contribution in [3.63, 3.8) is 0 Å². The van der Waals surface area contributed by atoms with E-state index < -0.39 is 6.04 Å². The smallest absolute Gasteiger partial charge is 0.242 e. The van der Waals surface area contributed by atoms with Crippen LogP contribution < -0.4 is 14.8 Å². The van der Waals surface area contributed by atoms with Crippen molar-refractivity contribution in [1.29, 1.82) is 0 Å². The second-order valence-corrected chi connectivity index (χ2v) is 8.31. The number of fused-ring (bicyclic) bond motifs is 1. The van der Waals surface area contributed by atoms with Gasteiger partial charge >= 0.3 is 0 Å². The van der Waals surface area contributed by atoms with Crippen LogP contribution in [-0.2, 0) is 16.1 Å². The van der Waals surface area contributed by atoms with Crippen molar-refractivity contribution in [2.24, 2.45) is 0 Å². The molecular formula is C21H29N3O4. The van der Waals surface area contributed by atoms with Crippen molar-refractivity contribution in [2.75, 3.05) is 27.4 Å². The minimum absolute atomic E-state index is 0.0287. The van der Waals surface area contributed by atoms with Crippen LogP contribution in [0.4, 0.5) is 0 Å². The van der Waals surface area contributed by atoms with Gasteiger partial charge in [0.1, 0.15) is 6.04 Å². The summed E-state index contributed by atoms with van der Waals surface area (Å²) in [6, 6.07) is 5.27. The molecule has 2 aliphatic heterocycles. The molecule has 7 nitrogen and oxygen atoms in total. The Labute approximate surface area is 166 Å². The average Bonchev–Trinajstić information content (AvgIpc) is 3.41. The number of rotatable bonds is 6. The molecule has 1 atom stereocenters. The van der Waals surface area contributed by atoms with E-state index in [-0.39, 0.29) is 24.1 Å². The number of likely N-dealkylation sites (N-methyl/N-ethyl adjacent to an activating group) is 1. The first-order chi connectivity index (χ1) is 13.5. The number of hydrogen-bond acceptors (Lipinski definition) is 5. The maximum atomic E-state index is 12.9. The van der Waals surface area contributed by atoms with E-state index >= 15 is 0 Å². The fraction of sp³-hybridized carbons (Fsp3) is 0.619. The van der Waals surface area contributed by atoms with Gasteiger partial charge < -0.3 is 24.6 Å². The Kier molecular flexibility index (Phi) is 5.19. The van der Waals surface area contributed by atoms with E-state index in [0.717, 1.165) is 24.2 Å². The third-order valence-electron chi connectivity index (χ3n) is 6.50. The topological polar surface area (TPSA) is 71.1 Å². The first-order valence-corrected chi connectivity index (χ1v) is 10.1. The molecule has 2 amide bonds. The number of hydrogen-bond donors (Lipinski definition) is 1. The standard InChI is InChI=1S/C21H29N3O4/c1-23(2)21(9-3-4-10-21)13-22-20(26)16-6-8-19(25)24(16)12-15-5-7-17-18(11-15)28-14-27-17/h5,7,11,16H,3-4,6,8-10,12-14H2,1-2H3,(H,22,26). The minimum Gasteiger partial charge on any atom is -0.454 e. The van der Waals surface area contributed by atoms with Crippen molar-refractivity contribution in [1.82, 2.24) is 15.1 Å². The van der Waals surface area contributed by atoms with E-state index in [2.05, 4.69) is 24.3 Å². The molecule has 28 heavy (non-hydrogen) atoms. The molecule has 152 valence electrons. The van der Waals surface area contributed by atoms with Gasteiger partial charge in [0.15, 0.2) is 11.5 Å². The summed E-state index contributed by atoms with van der Waals surface area (Å²) in [5.74, 6) is 1.40. The van der Waals surface area contributed by atoms with Gasteiger partial charge in [-0.25, -0.2) is 0 Å². The number of carbonyl (C=O) groups excluding carboxylic acids is 2. The number of nitrogens with zero attached hydrogens (tertiary/aromatic N) is 2. The second-order valence-electron chi connectivity index (χ2n) is 8.31. The summed E-state index contributed by atoms with van der Waals surface area (Å²) in [5.41, 5.74) is 0.985. The van der Waals surface area contributed by atoms with Crippen molar-refractivity contribution in [3.05, 3.63) is 23.8 Å². The molecule has 1 aromatic rings. The van der Waals surface area contributed by atoms with Crippen LogP contribution in [0, 0.1) is 0 Å². The van der Waals surface area contributed by atoms with Gasteiger partial charge in [-0.05, 0) is 51.1 Å². The molecule has 3 aliphatic rings. The molecule has 0 radical (unpaired) electrons. The lowest BCUT2D eigenvalue weighted by atomic mass is 9.96. The predicted octanol–water partition coefficient (Wildman–Crippen LogP) is 1.90. The molecule has 1 unspecified atom stereocenters. The van der Waals surface area contributed by atoms with Gasteiger partial charge in [0.05, 0.1) is 0 Å². The third-order valence-corrected chi connectivity index (χ3v) is 6.50. The van der Waals surface area contributed by atoms with Gasteiger partial charge in [0.25, 0.3) is 0 Å². The van der Waals surface area contributed by atoms with Crippen LogP contribution >= 0.6 is 0 Å². The van der Waals surface area contributed by atoms with Gasteiger partial charge in [-0.3, -0.25) is 9.59 Å². The zero-order valence-corrected chi connectivity index (χ0v) is 16.7. The van der Waals surface area contributed by atoms with Crippen molar-refractivity contribution >= 4 is 11.8 Å². The highest BCUT2D eigenvalue weighted by Gasteiger charge is 2.39. The minimum atomic E-state index is -0.404. The Hall–Kier alpha value is -2.28. The van der Waals surface area contributed by atoms with Crippen LogP contribution in [-0.4, -0.2) is 60.6 Å². The van der Waals surface area contributed by atoms with E-state index in [1.807, 2.05) is 18.2 Å². The molecule has 1 saturated carbocycles. The second kappa shape index (κ2) is 7.62. The first kappa shape index (κ1) is 19.1. The molecule has 1 saturated heterocycles. The maximum absolute atomic E-state index is 12.9. The van der Waals surface area contributed by atoms with E-state index in [1.165, 1.54) is 12.8 Å². The molecule has 7 heteroatoms. The fourth-order valence-corrected chi connectivity index (χ4v) is 4.63. The number of amides is 2. The highest BCUT2D eigenvalue weighted by molar-refractivity contribution is 5.90. The highest BCUT2D eigenvalue weighted by Crippen LogP contribution is 2.34. The Bertz CT molecular complexity index is 758. The summed E-state index contributed by atoms with van der Waals surface area (Å²) in [6.07, 6.45) is 5.60. The predicted molar refractivity (Wildman–Crippen MR) is 104 cm³/mol. The first-order valence-electron chi connectivity index (χ1n) is 10.1. The summed E-state index contributed by atoms with van der Waals surface area (Å²) in [5, 5.41) is 3.15. The Balaban J connectivity index is 1.41. The van der Waals surface area contributed by atoms with Crippen molar-refractivity contribution in [3.8, 4) is 11.5 Å². The van der Waals surface area contributed by atoms with Crippen molar-refractivity contribution < 1.29 is 19.1 Å². The number of likely N-dealkylation sites (tertiary alicyclic amines) is 1. The lowest BCUT2D eigenvalue weighted by Gasteiger charge is -2.37. The number of nitrogens with one attached hydrogen (secondary N) is 1. The maximum Gasteiger partial charge on any atom is 0.242 e. The third kappa shape index (κ3) is 3.55. The summed E-state index contributed by atoms with van der Waals surface area (Å²) >= 11 is 0. The molecule has 1 aliphatic carbocycles. The monoisotopic (exact) mass is 387 g/mol. The molecule has 4 rings (SSSR count). The molecule has 0 bridgehead atoms. The Morgan fingerprint density at radius 3 is 2.75 bits per heavy atom. The van der Waals surface area contributed by atoms with Crippen LogP contribution in [0.5, 0.6) is 11.5 Å². The summed E-state index contributed by atoms with van der Waals surface area (Å²) in [7, 11) is 4.17. The zero-order chi connectivity index (χ0) is 19.7. The molecule has 1 N–H and O–H groups in total. The van der Waals surface area contributed by atoms with Crippen LogP contribution in [0.15, 0.2) is 18.2 Å². The Morgan fingerprint density at radius 2 is 2.00 bits per heavy atom. The molecule has 0 aromatic heterocycles. The van der Waals surface area contributed by atoms with Crippen LogP contribution in [0.2, 0.25) is 0 Å².